The summed E-state index contributed by atoms with van der Waals surface area (Å²) in [5.74, 6) is -0.930. The summed E-state index contributed by atoms with van der Waals surface area (Å²) in [5.41, 5.74) is 0. The topological polar surface area (TPSA) is 80.9 Å². The van der Waals surface area contributed by atoms with Gasteiger partial charge in [-0.1, -0.05) is 19.8 Å². The van der Waals surface area contributed by atoms with Crippen LogP contribution in [0.4, 0.5) is 0 Å². The molecule has 0 fully saturated rings. The summed E-state index contributed by atoms with van der Waals surface area (Å²) in [6.07, 6.45) is 2.28. The van der Waals surface area contributed by atoms with Gasteiger partial charge < -0.3 is 5.11 Å². The molecular weight excluding hydrogens is 250 g/mol. The normalized spacial score (nSPS) is 11.1. The number of aliphatic carboxylic acids is 1. The van der Waals surface area contributed by atoms with Crippen LogP contribution in [0.15, 0.2) is 5.16 Å². The minimum atomic E-state index is -0.930. The van der Waals surface area contributed by atoms with Crippen molar-refractivity contribution in [2.24, 2.45) is 0 Å². The van der Waals surface area contributed by atoms with Gasteiger partial charge in [-0.15, -0.1) is 17.7 Å². The molecule has 0 saturated carbocycles. The molecule has 0 aliphatic carbocycles. The second kappa shape index (κ2) is 9.87. The number of carboxylic acids is 1. The minimum absolute atomic E-state index is 0. The first-order valence-corrected chi connectivity index (χ1v) is 4.81. The molecule has 0 amide bonds. The maximum atomic E-state index is 10.9. The van der Waals surface area contributed by atoms with Gasteiger partial charge in [0.25, 0.3) is 0 Å². The van der Waals surface area contributed by atoms with Crippen molar-refractivity contribution < 1.29 is 9.90 Å². The van der Waals surface area contributed by atoms with E-state index in [1.807, 2.05) is 6.92 Å². The molecule has 1 atom stereocenters. The molecule has 0 aliphatic rings. The van der Waals surface area contributed by atoms with Crippen molar-refractivity contribution in [2.75, 3.05) is 0 Å². The van der Waals surface area contributed by atoms with E-state index in [0.717, 1.165) is 12.8 Å². The van der Waals surface area contributed by atoms with Crippen LogP contribution in [0, 0.1) is 0 Å². The van der Waals surface area contributed by atoms with Crippen molar-refractivity contribution in [2.45, 2.75) is 37.4 Å². The van der Waals surface area contributed by atoms with Crippen LogP contribution in [0.25, 0.3) is 0 Å². The van der Waals surface area contributed by atoms with E-state index < -0.39 is 12.0 Å². The molecule has 0 radical (unpaired) electrons. The van der Waals surface area contributed by atoms with Crippen molar-refractivity contribution in [1.82, 2.24) is 20.2 Å². The van der Waals surface area contributed by atoms with E-state index in [1.165, 1.54) is 4.68 Å². The number of carboxylic acid groups (broad SMARTS) is 1. The molecular formula is C7H14N4Na2O2S. The van der Waals surface area contributed by atoms with Crippen molar-refractivity contribution in [3.63, 3.8) is 0 Å². The second-order valence-corrected chi connectivity index (χ2v) is 3.32. The first-order chi connectivity index (χ1) is 6.66. The molecule has 0 aliphatic heterocycles. The summed E-state index contributed by atoms with van der Waals surface area (Å²) in [5, 5.41) is 19.7. The number of aromatic nitrogens is 4. The summed E-state index contributed by atoms with van der Waals surface area (Å²) in [4.78, 5) is 10.9. The van der Waals surface area contributed by atoms with Gasteiger partial charge in [0.1, 0.15) is 0 Å². The van der Waals surface area contributed by atoms with Crippen molar-refractivity contribution in [3.05, 3.63) is 0 Å². The van der Waals surface area contributed by atoms with Crippen molar-refractivity contribution in [3.8, 4) is 0 Å². The van der Waals surface area contributed by atoms with Crippen LogP contribution in [-0.4, -0.2) is 90.4 Å². The molecule has 0 aromatic carbocycles. The zero-order valence-corrected chi connectivity index (χ0v) is 8.68. The van der Waals surface area contributed by atoms with Gasteiger partial charge in [-0.05, 0) is 16.8 Å². The Labute approximate surface area is 144 Å². The molecule has 0 saturated heterocycles. The Morgan fingerprint density at radius 3 is 2.56 bits per heavy atom. The van der Waals surface area contributed by atoms with E-state index in [9.17, 15) is 4.79 Å². The van der Waals surface area contributed by atoms with Gasteiger partial charge in [0.05, 0.1) is 0 Å². The number of hydrogen-bond donors (Lipinski definition) is 2. The fraction of sp³-hybridized carbons (Fsp3) is 0.714. The van der Waals surface area contributed by atoms with Crippen molar-refractivity contribution >= 4 is 77.7 Å². The van der Waals surface area contributed by atoms with Gasteiger partial charge in [-0.3, -0.25) is 0 Å². The Bertz CT molecular complexity index is 323. The van der Waals surface area contributed by atoms with Gasteiger partial charge in [0.2, 0.25) is 5.16 Å². The predicted molar refractivity (Wildman–Crippen MR) is 65.6 cm³/mol. The van der Waals surface area contributed by atoms with Crippen LogP contribution in [-0.2, 0) is 4.79 Å². The average molecular weight is 264 g/mol. The SMILES string of the molecule is CCCCC(C(=O)O)n1nnnc1S.[NaH].[NaH]. The molecule has 9 heteroatoms. The molecule has 1 unspecified atom stereocenters. The molecule has 82 valence electrons. The molecule has 1 rings (SSSR count). The predicted octanol–water partition coefficient (Wildman–Crippen LogP) is -0.519. The summed E-state index contributed by atoms with van der Waals surface area (Å²) < 4.78 is 1.22. The van der Waals surface area contributed by atoms with E-state index in [2.05, 4.69) is 28.2 Å². The van der Waals surface area contributed by atoms with Gasteiger partial charge in [-0.2, -0.15) is 0 Å². The Hall–Kier alpha value is 0.890. The van der Waals surface area contributed by atoms with Crippen LogP contribution in [0.3, 0.4) is 0 Å². The number of thiol groups is 1. The van der Waals surface area contributed by atoms with E-state index >= 15 is 0 Å². The van der Waals surface area contributed by atoms with Gasteiger partial charge in [-0.25, -0.2) is 9.48 Å². The number of tetrazole rings is 1. The summed E-state index contributed by atoms with van der Waals surface area (Å²) in [6, 6.07) is -0.711. The van der Waals surface area contributed by atoms with Gasteiger partial charge >= 0.3 is 65.1 Å². The Morgan fingerprint density at radius 2 is 2.19 bits per heavy atom. The Morgan fingerprint density at radius 1 is 1.56 bits per heavy atom. The quantitative estimate of drug-likeness (QED) is 0.552. The Balaban J connectivity index is 0. The van der Waals surface area contributed by atoms with E-state index in [0.29, 0.717) is 6.42 Å². The van der Waals surface area contributed by atoms with Crippen LogP contribution in [0.1, 0.15) is 32.2 Å². The van der Waals surface area contributed by atoms with Crippen LogP contribution in [0.5, 0.6) is 0 Å². The average Bonchev–Trinajstić information content (AvgIpc) is 2.52. The number of unbranched alkanes of at least 4 members (excludes halogenated alkanes) is 1. The fourth-order valence-electron chi connectivity index (χ4n) is 1.14. The van der Waals surface area contributed by atoms with Gasteiger partial charge in [0.15, 0.2) is 6.04 Å². The van der Waals surface area contributed by atoms with Crippen molar-refractivity contribution in [1.29, 1.82) is 0 Å². The van der Waals surface area contributed by atoms with E-state index in [1.54, 1.807) is 0 Å². The number of carbonyl (C=O) groups is 1. The molecule has 0 spiro atoms. The molecule has 0 bridgehead atoms. The van der Waals surface area contributed by atoms with E-state index in [4.69, 9.17) is 5.11 Å². The number of nitrogens with zero attached hydrogens (tertiary/aromatic N) is 4. The molecule has 1 aromatic rings. The van der Waals surface area contributed by atoms with Gasteiger partial charge in [0, 0.05) is 0 Å². The van der Waals surface area contributed by atoms with E-state index in [-0.39, 0.29) is 64.3 Å². The first kappa shape index (κ1) is 19.2. The zero-order chi connectivity index (χ0) is 10.6. The summed E-state index contributed by atoms with van der Waals surface area (Å²) in [7, 11) is 0. The molecule has 16 heavy (non-hydrogen) atoms. The number of hydrogen-bond acceptors (Lipinski definition) is 5. The maximum absolute atomic E-state index is 10.9. The third kappa shape index (κ3) is 5.48. The second-order valence-electron chi connectivity index (χ2n) is 2.92. The standard InChI is InChI=1S/C7H12N4O2S.2Na.2H/c1-2-3-4-5(6(12)13)11-7(14)8-9-10-11;;;;/h5H,2-4H2,1H3,(H,12,13)(H,8,10,14);;;;. The molecule has 1 heterocycles. The monoisotopic (exact) mass is 264 g/mol. The Kier molecular flexibility index (Phi) is 11.9. The molecule has 1 N–H and O–H groups in total. The summed E-state index contributed by atoms with van der Waals surface area (Å²) >= 11 is 3.97. The van der Waals surface area contributed by atoms with Crippen LogP contribution < -0.4 is 0 Å². The first-order valence-electron chi connectivity index (χ1n) is 4.36. The molecule has 6 nitrogen and oxygen atoms in total. The number of rotatable bonds is 5. The fourth-order valence-corrected chi connectivity index (χ4v) is 1.36. The third-order valence-electron chi connectivity index (χ3n) is 1.89. The summed E-state index contributed by atoms with van der Waals surface area (Å²) in [6.45, 7) is 2.00. The third-order valence-corrected chi connectivity index (χ3v) is 2.18. The zero-order valence-electron chi connectivity index (χ0n) is 7.79. The molecule has 1 aromatic heterocycles. The van der Waals surface area contributed by atoms with Crippen LogP contribution >= 0.6 is 12.6 Å². The van der Waals surface area contributed by atoms with Crippen LogP contribution in [0.2, 0.25) is 0 Å².